The highest BCUT2D eigenvalue weighted by atomic mass is 16.5. The largest absolute Gasteiger partial charge is 0.496 e. The van der Waals surface area contributed by atoms with E-state index in [9.17, 15) is 5.11 Å². The molecule has 0 aliphatic heterocycles. The van der Waals surface area contributed by atoms with Gasteiger partial charge < -0.3 is 24.6 Å². The number of ether oxygens (including phenoxy) is 3. The second kappa shape index (κ2) is 7.97. The zero-order chi connectivity index (χ0) is 15.1. The molecule has 0 spiro atoms. The van der Waals surface area contributed by atoms with Gasteiger partial charge in [-0.15, -0.1) is 0 Å². The van der Waals surface area contributed by atoms with Crippen molar-refractivity contribution in [1.82, 2.24) is 5.32 Å². The molecule has 1 atom stereocenters. The van der Waals surface area contributed by atoms with Crippen LogP contribution < -0.4 is 19.5 Å². The van der Waals surface area contributed by atoms with E-state index in [2.05, 4.69) is 19.2 Å². The van der Waals surface area contributed by atoms with Gasteiger partial charge in [-0.1, -0.05) is 13.8 Å². The van der Waals surface area contributed by atoms with Crippen LogP contribution in [0.4, 0.5) is 0 Å². The highest BCUT2D eigenvalue weighted by Crippen LogP contribution is 2.34. The van der Waals surface area contributed by atoms with Crippen LogP contribution in [0.15, 0.2) is 12.1 Å². The average molecular weight is 283 g/mol. The predicted molar refractivity (Wildman–Crippen MR) is 78.6 cm³/mol. The summed E-state index contributed by atoms with van der Waals surface area (Å²) >= 11 is 0. The summed E-state index contributed by atoms with van der Waals surface area (Å²) in [5.74, 6) is 2.43. The third-order valence-corrected chi connectivity index (χ3v) is 3.36. The summed E-state index contributed by atoms with van der Waals surface area (Å²) in [6.45, 7) is 4.78. The standard InChI is InChI=1S/C15H25NO4/c1-10(2)13(9-17)16-8-12-14(19-4)6-11(18-3)7-15(12)20-5/h6-7,10,13,16-17H,8-9H2,1-5H3/t13-/m1/s1. The number of hydrogen-bond donors (Lipinski definition) is 2. The summed E-state index contributed by atoms with van der Waals surface area (Å²) < 4.78 is 16.0. The van der Waals surface area contributed by atoms with Crippen LogP contribution in [0.25, 0.3) is 0 Å². The highest BCUT2D eigenvalue weighted by molar-refractivity contribution is 5.50. The molecule has 1 aromatic carbocycles. The van der Waals surface area contributed by atoms with Crippen LogP contribution in [0, 0.1) is 5.92 Å². The molecule has 0 unspecified atom stereocenters. The molecule has 0 bridgehead atoms. The van der Waals surface area contributed by atoms with Crippen LogP contribution in [0.5, 0.6) is 17.2 Å². The first-order chi connectivity index (χ1) is 9.57. The van der Waals surface area contributed by atoms with Gasteiger partial charge in [0, 0.05) is 24.7 Å². The molecule has 5 nitrogen and oxygen atoms in total. The summed E-state index contributed by atoms with van der Waals surface area (Å²) in [6.07, 6.45) is 0. The minimum atomic E-state index is 0.0338. The summed E-state index contributed by atoms with van der Waals surface area (Å²) in [6, 6.07) is 3.68. The van der Waals surface area contributed by atoms with Gasteiger partial charge in [0.2, 0.25) is 0 Å². The van der Waals surface area contributed by atoms with Crippen molar-refractivity contribution in [3.05, 3.63) is 17.7 Å². The SMILES string of the molecule is COc1cc(OC)c(CN[C@H](CO)C(C)C)c(OC)c1. The van der Waals surface area contributed by atoms with E-state index in [1.165, 1.54) is 0 Å². The van der Waals surface area contributed by atoms with E-state index in [0.717, 1.165) is 5.56 Å². The Labute approximate surface area is 120 Å². The molecule has 0 aliphatic carbocycles. The van der Waals surface area contributed by atoms with Gasteiger partial charge in [0.05, 0.1) is 33.5 Å². The minimum absolute atomic E-state index is 0.0338. The number of hydrogen-bond acceptors (Lipinski definition) is 5. The molecule has 20 heavy (non-hydrogen) atoms. The highest BCUT2D eigenvalue weighted by Gasteiger charge is 2.16. The monoisotopic (exact) mass is 283 g/mol. The fourth-order valence-corrected chi connectivity index (χ4v) is 2.00. The maximum Gasteiger partial charge on any atom is 0.130 e. The Morgan fingerprint density at radius 1 is 1.05 bits per heavy atom. The first kappa shape index (κ1) is 16.6. The molecule has 0 radical (unpaired) electrons. The lowest BCUT2D eigenvalue weighted by Crippen LogP contribution is -2.36. The first-order valence-corrected chi connectivity index (χ1v) is 6.70. The van der Waals surface area contributed by atoms with Gasteiger partial charge >= 0.3 is 0 Å². The van der Waals surface area contributed by atoms with Crippen LogP contribution in [0.3, 0.4) is 0 Å². The third kappa shape index (κ3) is 4.02. The van der Waals surface area contributed by atoms with Crippen LogP contribution in [0.2, 0.25) is 0 Å². The number of benzene rings is 1. The Kier molecular flexibility index (Phi) is 6.61. The van der Waals surface area contributed by atoms with Gasteiger partial charge in [0.15, 0.2) is 0 Å². The number of aliphatic hydroxyl groups excluding tert-OH is 1. The lowest BCUT2D eigenvalue weighted by atomic mass is 10.0. The number of methoxy groups -OCH3 is 3. The molecule has 5 heteroatoms. The summed E-state index contributed by atoms with van der Waals surface area (Å²) in [7, 11) is 4.83. The maximum atomic E-state index is 9.36. The molecule has 114 valence electrons. The van der Waals surface area contributed by atoms with Crippen LogP contribution in [0.1, 0.15) is 19.4 Å². The first-order valence-electron chi connectivity index (χ1n) is 6.70. The van der Waals surface area contributed by atoms with Crippen molar-refractivity contribution in [1.29, 1.82) is 0 Å². The molecule has 0 amide bonds. The zero-order valence-corrected chi connectivity index (χ0v) is 12.9. The van der Waals surface area contributed by atoms with Crippen molar-refractivity contribution in [2.75, 3.05) is 27.9 Å². The molecular formula is C15H25NO4. The van der Waals surface area contributed by atoms with Crippen LogP contribution in [-0.2, 0) is 6.54 Å². The van der Waals surface area contributed by atoms with Gasteiger partial charge in [-0.3, -0.25) is 0 Å². The van der Waals surface area contributed by atoms with Crippen LogP contribution >= 0.6 is 0 Å². The van der Waals surface area contributed by atoms with Gasteiger partial charge in [0.25, 0.3) is 0 Å². The van der Waals surface area contributed by atoms with E-state index in [-0.39, 0.29) is 12.6 Å². The van der Waals surface area contributed by atoms with Crippen molar-refractivity contribution >= 4 is 0 Å². The van der Waals surface area contributed by atoms with Gasteiger partial charge in [-0.05, 0) is 5.92 Å². The average Bonchev–Trinajstić information content (AvgIpc) is 2.46. The van der Waals surface area contributed by atoms with Crippen molar-refractivity contribution < 1.29 is 19.3 Å². The van der Waals surface area contributed by atoms with Crippen molar-refractivity contribution in [3.8, 4) is 17.2 Å². The second-order valence-electron chi connectivity index (χ2n) is 4.92. The van der Waals surface area contributed by atoms with Crippen molar-refractivity contribution in [2.45, 2.75) is 26.4 Å². The fourth-order valence-electron chi connectivity index (χ4n) is 2.00. The lowest BCUT2D eigenvalue weighted by molar-refractivity contribution is 0.209. The quantitative estimate of drug-likeness (QED) is 0.762. The maximum absolute atomic E-state index is 9.36. The third-order valence-electron chi connectivity index (χ3n) is 3.36. The predicted octanol–water partition coefficient (Wildman–Crippen LogP) is 1.82. The minimum Gasteiger partial charge on any atom is -0.496 e. The smallest absolute Gasteiger partial charge is 0.130 e. The Morgan fingerprint density at radius 3 is 1.95 bits per heavy atom. The molecule has 1 rings (SSSR count). The van der Waals surface area contributed by atoms with E-state index in [0.29, 0.717) is 29.7 Å². The Bertz CT molecular complexity index is 395. The Hall–Kier alpha value is -1.46. The molecule has 0 saturated carbocycles. The van der Waals surface area contributed by atoms with Crippen molar-refractivity contribution in [3.63, 3.8) is 0 Å². The molecule has 0 aliphatic rings. The Morgan fingerprint density at radius 2 is 1.60 bits per heavy atom. The van der Waals surface area contributed by atoms with E-state index >= 15 is 0 Å². The topological polar surface area (TPSA) is 60.0 Å². The van der Waals surface area contributed by atoms with E-state index < -0.39 is 0 Å². The van der Waals surface area contributed by atoms with Gasteiger partial charge in [0.1, 0.15) is 17.2 Å². The van der Waals surface area contributed by atoms with E-state index in [1.54, 1.807) is 21.3 Å². The lowest BCUT2D eigenvalue weighted by Gasteiger charge is -2.22. The van der Waals surface area contributed by atoms with Crippen LogP contribution in [-0.4, -0.2) is 39.1 Å². The summed E-state index contributed by atoms with van der Waals surface area (Å²) in [4.78, 5) is 0. The molecule has 1 aromatic rings. The molecule has 0 aromatic heterocycles. The second-order valence-corrected chi connectivity index (χ2v) is 4.92. The molecular weight excluding hydrogens is 258 g/mol. The van der Waals surface area contributed by atoms with Gasteiger partial charge in [-0.25, -0.2) is 0 Å². The number of rotatable bonds is 8. The molecule has 0 heterocycles. The molecule has 0 fully saturated rings. The molecule has 2 N–H and O–H groups in total. The molecule has 0 saturated heterocycles. The zero-order valence-electron chi connectivity index (χ0n) is 12.9. The Balaban J connectivity index is 2.97. The van der Waals surface area contributed by atoms with Crippen molar-refractivity contribution in [2.24, 2.45) is 5.92 Å². The fraction of sp³-hybridized carbons (Fsp3) is 0.600. The van der Waals surface area contributed by atoms with E-state index in [4.69, 9.17) is 14.2 Å². The van der Waals surface area contributed by atoms with Gasteiger partial charge in [-0.2, -0.15) is 0 Å². The van der Waals surface area contributed by atoms with E-state index in [1.807, 2.05) is 12.1 Å². The number of nitrogens with one attached hydrogen (secondary N) is 1. The summed E-state index contributed by atoms with van der Waals surface area (Å²) in [5, 5.41) is 12.7. The summed E-state index contributed by atoms with van der Waals surface area (Å²) in [5.41, 5.74) is 0.912. The normalized spacial score (nSPS) is 12.3. The number of aliphatic hydroxyl groups is 1.